The average molecular weight is 255 g/mol. The highest BCUT2D eigenvalue weighted by Crippen LogP contribution is 2.08. The predicted octanol–water partition coefficient (Wildman–Crippen LogP) is 2.29. The molecule has 0 spiro atoms. The lowest BCUT2D eigenvalue weighted by atomic mass is 10.1. The first-order valence-corrected chi connectivity index (χ1v) is 7.44. The van der Waals surface area contributed by atoms with Crippen molar-refractivity contribution in [1.82, 2.24) is 4.31 Å². The molecular formula is C13H21NO2S. The zero-order valence-electron chi connectivity index (χ0n) is 10.8. The van der Waals surface area contributed by atoms with Gasteiger partial charge in [0.2, 0.25) is 10.0 Å². The molecule has 1 rings (SSSR count). The number of hydrogen-bond acceptors (Lipinski definition) is 2. The lowest BCUT2D eigenvalue weighted by molar-refractivity contribution is 0.455. The van der Waals surface area contributed by atoms with Crippen LogP contribution in [0.5, 0.6) is 0 Å². The Bertz CT molecular complexity index is 426. The Labute approximate surface area is 105 Å². The van der Waals surface area contributed by atoms with E-state index in [1.54, 1.807) is 20.9 Å². The molecule has 96 valence electrons. The monoisotopic (exact) mass is 255 g/mol. The van der Waals surface area contributed by atoms with Crippen LogP contribution in [0.25, 0.3) is 0 Å². The van der Waals surface area contributed by atoms with Crippen molar-refractivity contribution in [2.75, 3.05) is 13.6 Å². The summed E-state index contributed by atoms with van der Waals surface area (Å²) >= 11 is 0. The number of hydrogen-bond donors (Lipinski definition) is 0. The van der Waals surface area contributed by atoms with E-state index < -0.39 is 10.0 Å². The van der Waals surface area contributed by atoms with Gasteiger partial charge in [-0.2, -0.15) is 0 Å². The van der Waals surface area contributed by atoms with E-state index in [4.69, 9.17) is 0 Å². The lowest BCUT2D eigenvalue weighted by Gasteiger charge is -2.19. The van der Waals surface area contributed by atoms with Crippen LogP contribution in [-0.4, -0.2) is 31.6 Å². The van der Waals surface area contributed by atoms with Crippen molar-refractivity contribution < 1.29 is 8.42 Å². The van der Waals surface area contributed by atoms with E-state index in [1.807, 2.05) is 18.2 Å². The summed E-state index contributed by atoms with van der Waals surface area (Å²) in [4.78, 5) is 0. The molecule has 0 aliphatic carbocycles. The molecule has 0 saturated heterocycles. The van der Waals surface area contributed by atoms with Gasteiger partial charge in [0.15, 0.2) is 0 Å². The zero-order chi connectivity index (χ0) is 12.9. The van der Waals surface area contributed by atoms with E-state index in [-0.39, 0.29) is 5.25 Å². The van der Waals surface area contributed by atoms with E-state index in [9.17, 15) is 8.42 Å². The maximum atomic E-state index is 11.8. The zero-order valence-corrected chi connectivity index (χ0v) is 11.6. The van der Waals surface area contributed by atoms with E-state index in [1.165, 1.54) is 9.87 Å². The standard InChI is InChI=1S/C13H21NO2S/c1-12(2)17(15,16)14(3)11-7-10-13-8-5-4-6-9-13/h4-6,8-9,12H,7,10-11H2,1-3H3. The first-order chi connectivity index (χ1) is 7.94. The van der Waals surface area contributed by atoms with E-state index in [0.717, 1.165) is 12.8 Å². The molecule has 0 saturated carbocycles. The van der Waals surface area contributed by atoms with Crippen molar-refractivity contribution in [2.45, 2.75) is 31.9 Å². The van der Waals surface area contributed by atoms with Crippen LogP contribution in [-0.2, 0) is 16.4 Å². The molecule has 0 fully saturated rings. The summed E-state index contributed by atoms with van der Waals surface area (Å²) in [5, 5.41) is -0.343. The molecule has 17 heavy (non-hydrogen) atoms. The molecular weight excluding hydrogens is 234 g/mol. The molecule has 1 aromatic carbocycles. The first kappa shape index (κ1) is 14.2. The Morgan fingerprint density at radius 1 is 1.18 bits per heavy atom. The summed E-state index contributed by atoms with van der Waals surface area (Å²) in [7, 11) is -1.44. The molecule has 0 amide bonds. The average Bonchev–Trinajstić information content (AvgIpc) is 2.30. The van der Waals surface area contributed by atoms with Crippen molar-refractivity contribution in [2.24, 2.45) is 0 Å². The van der Waals surface area contributed by atoms with Crippen LogP contribution in [0.2, 0.25) is 0 Å². The summed E-state index contributed by atoms with van der Waals surface area (Å²) in [6, 6.07) is 10.1. The van der Waals surface area contributed by atoms with Gasteiger partial charge in [-0.3, -0.25) is 0 Å². The number of nitrogens with zero attached hydrogens (tertiary/aromatic N) is 1. The van der Waals surface area contributed by atoms with Crippen LogP contribution in [0, 0.1) is 0 Å². The summed E-state index contributed by atoms with van der Waals surface area (Å²) in [6.45, 7) is 4.00. The second kappa shape index (κ2) is 6.17. The first-order valence-electron chi connectivity index (χ1n) is 5.93. The lowest BCUT2D eigenvalue weighted by Crippen LogP contribution is -2.33. The summed E-state index contributed by atoms with van der Waals surface area (Å²) in [6.07, 6.45) is 1.77. The topological polar surface area (TPSA) is 37.4 Å². The Morgan fingerprint density at radius 3 is 2.29 bits per heavy atom. The van der Waals surface area contributed by atoms with Gasteiger partial charge < -0.3 is 0 Å². The van der Waals surface area contributed by atoms with E-state index in [2.05, 4.69) is 12.1 Å². The minimum Gasteiger partial charge on any atom is -0.212 e. The Balaban J connectivity index is 2.42. The number of sulfonamides is 1. The highest BCUT2D eigenvalue weighted by atomic mass is 32.2. The predicted molar refractivity (Wildman–Crippen MR) is 71.4 cm³/mol. The molecule has 0 radical (unpaired) electrons. The van der Waals surface area contributed by atoms with Gasteiger partial charge in [-0.25, -0.2) is 12.7 Å². The number of benzene rings is 1. The van der Waals surface area contributed by atoms with Crippen LogP contribution >= 0.6 is 0 Å². The van der Waals surface area contributed by atoms with E-state index >= 15 is 0 Å². The molecule has 0 unspecified atom stereocenters. The fraction of sp³-hybridized carbons (Fsp3) is 0.538. The summed E-state index contributed by atoms with van der Waals surface area (Å²) in [5.74, 6) is 0. The van der Waals surface area contributed by atoms with Crippen LogP contribution in [0.1, 0.15) is 25.8 Å². The number of rotatable bonds is 6. The quantitative estimate of drug-likeness (QED) is 0.782. The molecule has 0 N–H and O–H groups in total. The fourth-order valence-corrected chi connectivity index (χ4v) is 2.74. The number of aryl methyl sites for hydroxylation is 1. The molecule has 0 aliphatic rings. The normalized spacial score (nSPS) is 12.3. The third kappa shape index (κ3) is 4.13. The molecule has 0 aliphatic heterocycles. The Morgan fingerprint density at radius 2 is 1.76 bits per heavy atom. The maximum absolute atomic E-state index is 11.8. The van der Waals surface area contributed by atoms with Gasteiger partial charge >= 0.3 is 0 Å². The van der Waals surface area contributed by atoms with Crippen LogP contribution in [0.4, 0.5) is 0 Å². The fourth-order valence-electron chi connectivity index (χ4n) is 1.64. The second-order valence-electron chi connectivity index (χ2n) is 4.50. The van der Waals surface area contributed by atoms with Gasteiger partial charge in [-0.15, -0.1) is 0 Å². The molecule has 0 atom stereocenters. The van der Waals surface area contributed by atoms with Crippen molar-refractivity contribution in [3.63, 3.8) is 0 Å². The van der Waals surface area contributed by atoms with Crippen LogP contribution in [0.15, 0.2) is 30.3 Å². The van der Waals surface area contributed by atoms with Gasteiger partial charge in [-0.1, -0.05) is 30.3 Å². The van der Waals surface area contributed by atoms with Gasteiger partial charge in [0, 0.05) is 13.6 Å². The van der Waals surface area contributed by atoms with Crippen molar-refractivity contribution >= 4 is 10.0 Å². The van der Waals surface area contributed by atoms with Crippen molar-refractivity contribution in [3.05, 3.63) is 35.9 Å². The molecule has 0 bridgehead atoms. The minimum atomic E-state index is -3.10. The Hall–Kier alpha value is -0.870. The van der Waals surface area contributed by atoms with Crippen LogP contribution < -0.4 is 0 Å². The maximum Gasteiger partial charge on any atom is 0.216 e. The largest absolute Gasteiger partial charge is 0.216 e. The third-order valence-corrected chi connectivity index (χ3v) is 5.05. The van der Waals surface area contributed by atoms with Crippen molar-refractivity contribution in [3.8, 4) is 0 Å². The SMILES string of the molecule is CC(C)S(=O)(=O)N(C)CCCc1ccccc1. The summed E-state index contributed by atoms with van der Waals surface area (Å²) < 4.78 is 25.1. The van der Waals surface area contributed by atoms with Gasteiger partial charge in [0.05, 0.1) is 5.25 Å². The second-order valence-corrected chi connectivity index (χ2v) is 7.10. The van der Waals surface area contributed by atoms with Crippen molar-refractivity contribution in [1.29, 1.82) is 0 Å². The molecule has 1 aromatic rings. The Kier molecular flexibility index (Phi) is 5.15. The van der Waals surface area contributed by atoms with Gasteiger partial charge in [0.1, 0.15) is 0 Å². The molecule has 0 heterocycles. The third-order valence-electron chi connectivity index (χ3n) is 2.81. The highest BCUT2D eigenvalue weighted by molar-refractivity contribution is 7.89. The molecule has 3 nitrogen and oxygen atoms in total. The van der Waals surface area contributed by atoms with Gasteiger partial charge in [0.25, 0.3) is 0 Å². The van der Waals surface area contributed by atoms with E-state index in [0.29, 0.717) is 6.54 Å². The smallest absolute Gasteiger partial charge is 0.212 e. The molecule has 4 heteroatoms. The van der Waals surface area contributed by atoms with Gasteiger partial charge in [-0.05, 0) is 32.3 Å². The van der Waals surface area contributed by atoms with Crippen LogP contribution in [0.3, 0.4) is 0 Å². The molecule has 0 aromatic heterocycles. The highest BCUT2D eigenvalue weighted by Gasteiger charge is 2.21. The minimum absolute atomic E-state index is 0.343. The summed E-state index contributed by atoms with van der Waals surface area (Å²) in [5.41, 5.74) is 1.25.